The van der Waals surface area contributed by atoms with Crippen molar-refractivity contribution >= 4 is 12.4 Å². The van der Waals surface area contributed by atoms with Crippen molar-refractivity contribution in [2.24, 2.45) is 17.8 Å². The van der Waals surface area contributed by atoms with Gasteiger partial charge in [-0.15, -0.1) is 0 Å². The molecule has 2 aliphatic rings. The number of likely N-dealkylation sites (tertiary alicyclic amines) is 1. The third kappa shape index (κ3) is 14.6. The van der Waals surface area contributed by atoms with Crippen molar-refractivity contribution in [3.63, 3.8) is 0 Å². The summed E-state index contributed by atoms with van der Waals surface area (Å²) < 4.78 is 56.4. The van der Waals surface area contributed by atoms with E-state index in [0.717, 1.165) is 26.2 Å². The van der Waals surface area contributed by atoms with E-state index in [4.69, 9.17) is 37.2 Å². The first-order valence-electron chi connectivity index (χ1n) is 10.9. The molecule has 1 aliphatic heterocycles. The number of rotatable bonds is 8. The normalized spacial score (nSPS) is 22.1. The Morgan fingerprint density at radius 3 is 1.89 bits per heavy atom. The summed E-state index contributed by atoms with van der Waals surface area (Å²) in [5.41, 5.74) is 3.07. The van der Waals surface area contributed by atoms with E-state index in [1.54, 1.807) is 5.70 Å². The molecule has 0 spiro atoms. The van der Waals surface area contributed by atoms with Crippen molar-refractivity contribution in [2.75, 3.05) is 34.0 Å². The minimum absolute atomic E-state index is 0.428. The van der Waals surface area contributed by atoms with Crippen molar-refractivity contribution in [2.45, 2.75) is 58.8 Å². The maximum absolute atomic E-state index is 7.50. The molecule has 1 saturated heterocycles. The average molecular weight is 691 g/mol. The maximum atomic E-state index is 7.50. The second-order valence-corrected chi connectivity index (χ2v) is 14.8. The Bertz CT molecular complexity index is 704. The summed E-state index contributed by atoms with van der Waals surface area (Å²) in [4.78, 5) is 2.64. The Balaban J connectivity index is -0.000000456. The molecule has 0 radical (unpaired) electrons. The molecule has 0 N–H and O–H groups in total. The molecule has 0 amide bonds. The fourth-order valence-corrected chi connectivity index (χ4v) is 6.58. The van der Waals surface area contributed by atoms with Crippen LogP contribution in [0.3, 0.4) is 0 Å². The number of ether oxygens (including phenoxy) is 2. The third-order valence-corrected chi connectivity index (χ3v) is 8.43. The number of allylic oxidation sites excluding steroid dienone is 1. The van der Waals surface area contributed by atoms with Crippen LogP contribution < -0.4 is 0 Å². The second-order valence-electron chi connectivity index (χ2n) is 8.83. The zero-order valence-corrected chi connectivity index (χ0v) is 26.1. The molecule has 0 aromatic heterocycles. The summed E-state index contributed by atoms with van der Waals surface area (Å²) >= 11 is 1.45. The van der Waals surface area contributed by atoms with E-state index >= 15 is 0 Å². The third-order valence-electron chi connectivity index (χ3n) is 5.83. The quantitative estimate of drug-likeness (QED) is 0.219. The van der Waals surface area contributed by atoms with E-state index in [2.05, 4.69) is 71.6 Å². The number of methoxy groups -OCH3 is 2. The Kier molecular flexibility index (Phi) is 29.8. The summed E-state index contributed by atoms with van der Waals surface area (Å²) in [5, 5.41) is 0. The van der Waals surface area contributed by atoms with Gasteiger partial charge in [0.25, 0.3) is 0 Å². The molecule has 36 heavy (non-hydrogen) atoms. The van der Waals surface area contributed by atoms with Crippen LogP contribution in [0.5, 0.6) is 0 Å². The molecule has 0 aromatic rings. The number of nitrogens with zero attached hydrogens (tertiary/aromatic N) is 1. The van der Waals surface area contributed by atoms with Crippen LogP contribution in [0.4, 0.5) is 0 Å². The van der Waals surface area contributed by atoms with Crippen molar-refractivity contribution in [1.82, 2.24) is 4.90 Å². The van der Waals surface area contributed by atoms with Gasteiger partial charge in [0.2, 0.25) is 0 Å². The predicted molar refractivity (Wildman–Crippen MR) is 126 cm³/mol. The second kappa shape index (κ2) is 25.5. The molecule has 0 saturated carbocycles. The van der Waals surface area contributed by atoms with Gasteiger partial charge in [0.05, 0.1) is 0 Å². The molecular formula is C25H37NO8SiW. The Morgan fingerprint density at radius 2 is 1.47 bits per heavy atom. The fraction of sp³-hybridized carbons (Fsp3) is 0.680. The van der Waals surface area contributed by atoms with Crippen LogP contribution in [0.15, 0.2) is 11.3 Å². The summed E-state index contributed by atoms with van der Waals surface area (Å²) in [6.07, 6.45) is 3.65. The Morgan fingerprint density at radius 1 is 0.972 bits per heavy atom. The van der Waals surface area contributed by atoms with E-state index in [1.807, 2.05) is 14.2 Å². The summed E-state index contributed by atoms with van der Waals surface area (Å²) in [5.74, 6) is 1.48. The van der Waals surface area contributed by atoms with Crippen LogP contribution in [0.2, 0.25) is 19.6 Å². The first-order valence-corrected chi connectivity index (χ1v) is 15.8. The summed E-state index contributed by atoms with van der Waals surface area (Å²) in [6, 6.07) is 0.533. The molecule has 9 nitrogen and oxygen atoms in total. The van der Waals surface area contributed by atoms with E-state index in [9.17, 15) is 0 Å². The van der Waals surface area contributed by atoms with E-state index in [1.165, 1.54) is 41.9 Å². The van der Waals surface area contributed by atoms with Crippen LogP contribution in [0, 0.1) is 51.0 Å². The summed E-state index contributed by atoms with van der Waals surface area (Å²) in [7, 11) is 2.10. The monoisotopic (exact) mass is 691 g/mol. The van der Waals surface area contributed by atoms with Gasteiger partial charge in [0, 0.05) is 0 Å². The summed E-state index contributed by atoms with van der Waals surface area (Å²) in [6.45, 7) is 36.9. The zero-order chi connectivity index (χ0) is 29.5. The van der Waals surface area contributed by atoms with Crippen LogP contribution >= 0.6 is 0 Å². The van der Waals surface area contributed by atoms with Crippen molar-refractivity contribution in [3.05, 3.63) is 44.5 Å². The predicted octanol–water partition coefficient (Wildman–Crippen LogP) is 3.63. The molecule has 4 atom stereocenters. The SMILES string of the molecule is COC[C@@H]1CCCN1C1=C(C)[C@H](CO[Si](C)(C)C)[C@H]([C](=[W])OC)[C@@H](C)C1.[C-]#[O+].[C-]#[O+].[C-]#[O+].[C-]#[O+].[C-]#[O+]. The van der Waals surface area contributed by atoms with Crippen LogP contribution in [-0.4, -0.2) is 57.3 Å². The Labute approximate surface area is 228 Å². The molecule has 200 valence electrons. The van der Waals surface area contributed by atoms with E-state index < -0.39 is 8.32 Å². The first-order chi connectivity index (χ1) is 17.2. The molecule has 0 aromatic carbocycles. The Hall–Kier alpha value is -1.10. The van der Waals surface area contributed by atoms with Crippen molar-refractivity contribution < 1.29 is 56.5 Å². The van der Waals surface area contributed by atoms with Gasteiger partial charge in [-0.25, -0.2) is 0 Å². The molecule has 1 heterocycles. The van der Waals surface area contributed by atoms with Crippen LogP contribution in [-0.2, 0) is 56.5 Å². The minimum atomic E-state index is -1.55. The van der Waals surface area contributed by atoms with E-state index in [-0.39, 0.29) is 0 Å². The molecule has 1 fully saturated rings. The molecule has 0 bridgehead atoms. The van der Waals surface area contributed by atoms with Crippen LogP contribution in [0.1, 0.15) is 33.1 Å². The molecule has 1 aliphatic carbocycles. The van der Waals surface area contributed by atoms with Gasteiger partial charge in [0.1, 0.15) is 0 Å². The molecule has 11 heteroatoms. The van der Waals surface area contributed by atoms with E-state index in [0.29, 0.717) is 23.8 Å². The topological polar surface area (TPSA) is 130 Å². The van der Waals surface area contributed by atoms with Crippen molar-refractivity contribution in [1.29, 1.82) is 0 Å². The van der Waals surface area contributed by atoms with Gasteiger partial charge in [-0.05, 0) is 0 Å². The van der Waals surface area contributed by atoms with Gasteiger partial charge in [-0.1, -0.05) is 0 Å². The van der Waals surface area contributed by atoms with Gasteiger partial charge in [-0.2, -0.15) is 0 Å². The van der Waals surface area contributed by atoms with Gasteiger partial charge >= 0.3 is 229 Å². The van der Waals surface area contributed by atoms with Crippen molar-refractivity contribution in [3.8, 4) is 0 Å². The van der Waals surface area contributed by atoms with Gasteiger partial charge < -0.3 is 0 Å². The average Bonchev–Trinajstić information content (AvgIpc) is 3.37. The molecular weight excluding hydrogens is 654 g/mol. The number of hydrogen-bond acceptors (Lipinski definition) is 4. The molecule has 0 unspecified atom stereocenters. The van der Waals surface area contributed by atoms with Gasteiger partial charge in [-0.3, -0.25) is 0 Å². The standard InChI is InChI=1S/C20H37NO3Si.5CO.W/c1-15-11-20(21-10-8-9-17(21)12-22-3)16(2)19(18(15)13-23-4)14-24-25(5,6)7;5*1-2;/h15,17-19H,8-12,14H2,1-7H3;;;;;;/t15-,17-,18+,19-;;;;;;/m0....../s1. The molecule has 2 rings (SSSR count). The zero-order valence-electron chi connectivity index (χ0n) is 22.2. The van der Waals surface area contributed by atoms with Crippen LogP contribution in [0.25, 0.3) is 0 Å². The first kappa shape index (κ1) is 42.0. The fourth-order valence-electron chi connectivity index (χ4n) is 4.47. The number of hydrogen-bond donors (Lipinski definition) is 0. The van der Waals surface area contributed by atoms with Gasteiger partial charge in [0.15, 0.2) is 0 Å².